The fourth-order valence-electron chi connectivity index (χ4n) is 3.74. The molecule has 3 aromatic carbocycles. The standard InChI is InChI=1S/C26H21BrN2O4S/c1-16-7-3-6-10-21(16)32-11-12-33-24-18(27)13-17(14-22(24)31-2)15-23-25(30)29-20-9-5-4-8-19(20)28-26(29)34-23/h3-10,13-15H,11-12H2,1-2H3/b23-15-. The molecule has 0 bridgehead atoms. The van der Waals surface area contributed by atoms with Crippen molar-refractivity contribution in [2.75, 3.05) is 20.3 Å². The zero-order valence-electron chi connectivity index (χ0n) is 18.6. The molecule has 5 rings (SSSR count). The molecule has 0 saturated carbocycles. The second-order valence-electron chi connectivity index (χ2n) is 7.63. The van der Waals surface area contributed by atoms with Crippen LogP contribution in [0, 0.1) is 6.92 Å². The minimum atomic E-state index is -0.0857. The van der Waals surface area contributed by atoms with Gasteiger partial charge in [-0.25, -0.2) is 9.38 Å². The first-order chi connectivity index (χ1) is 16.5. The minimum absolute atomic E-state index is 0.0857. The molecule has 0 atom stereocenters. The van der Waals surface area contributed by atoms with Crippen LogP contribution in [0.15, 0.2) is 69.9 Å². The maximum absolute atomic E-state index is 13.1. The molecule has 0 spiro atoms. The molecule has 0 radical (unpaired) electrons. The molecule has 2 aromatic heterocycles. The number of hydrogen-bond acceptors (Lipinski definition) is 6. The zero-order valence-corrected chi connectivity index (χ0v) is 21.0. The van der Waals surface area contributed by atoms with Crippen LogP contribution in [-0.4, -0.2) is 29.7 Å². The fraction of sp³-hybridized carbons (Fsp3) is 0.154. The number of para-hydroxylation sites is 3. The van der Waals surface area contributed by atoms with E-state index in [0.29, 0.717) is 34.2 Å². The lowest BCUT2D eigenvalue weighted by Crippen LogP contribution is -2.22. The van der Waals surface area contributed by atoms with E-state index < -0.39 is 0 Å². The largest absolute Gasteiger partial charge is 0.493 e. The summed E-state index contributed by atoms with van der Waals surface area (Å²) < 4.78 is 20.3. The maximum Gasteiger partial charge on any atom is 0.274 e. The highest BCUT2D eigenvalue weighted by atomic mass is 79.9. The third-order valence-electron chi connectivity index (χ3n) is 5.38. The summed E-state index contributed by atoms with van der Waals surface area (Å²) in [4.78, 5) is 18.3. The van der Waals surface area contributed by atoms with Crippen molar-refractivity contribution in [3.05, 3.63) is 91.1 Å². The Hall–Kier alpha value is -3.36. The Morgan fingerprint density at radius 3 is 2.62 bits per heavy atom. The van der Waals surface area contributed by atoms with Gasteiger partial charge in [-0.15, -0.1) is 0 Å². The van der Waals surface area contributed by atoms with Gasteiger partial charge < -0.3 is 14.2 Å². The van der Waals surface area contributed by atoms with Crippen molar-refractivity contribution in [1.29, 1.82) is 0 Å². The molecule has 0 fully saturated rings. The summed E-state index contributed by atoms with van der Waals surface area (Å²) in [5, 5.41) is 0. The molecule has 0 amide bonds. The van der Waals surface area contributed by atoms with Crippen LogP contribution in [0.5, 0.6) is 17.2 Å². The van der Waals surface area contributed by atoms with Crippen LogP contribution in [0.4, 0.5) is 0 Å². The van der Waals surface area contributed by atoms with Crippen molar-refractivity contribution in [2.24, 2.45) is 0 Å². The Labute approximate surface area is 208 Å². The summed E-state index contributed by atoms with van der Waals surface area (Å²) in [5.74, 6) is 1.99. The van der Waals surface area contributed by atoms with E-state index in [9.17, 15) is 4.79 Å². The first kappa shape index (κ1) is 22.4. The summed E-state index contributed by atoms with van der Waals surface area (Å²) in [7, 11) is 1.59. The van der Waals surface area contributed by atoms with E-state index in [1.807, 2.05) is 73.7 Å². The van der Waals surface area contributed by atoms with E-state index >= 15 is 0 Å². The summed E-state index contributed by atoms with van der Waals surface area (Å²) in [6.45, 7) is 2.76. The van der Waals surface area contributed by atoms with E-state index in [1.54, 1.807) is 11.5 Å². The number of benzene rings is 3. The molecule has 0 aliphatic heterocycles. The van der Waals surface area contributed by atoms with E-state index in [0.717, 1.165) is 32.4 Å². The molecule has 6 nitrogen and oxygen atoms in total. The van der Waals surface area contributed by atoms with Gasteiger partial charge in [0, 0.05) is 0 Å². The van der Waals surface area contributed by atoms with Crippen molar-refractivity contribution in [1.82, 2.24) is 9.38 Å². The topological polar surface area (TPSA) is 62.1 Å². The van der Waals surface area contributed by atoms with E-state index in [4.69, 9.17) is 14.2 Å². The molecule has 0 unspecified atom stereocenters. The van der Waals surface area contributed by atoms with Crippen LogP contribution in [0.2, 0.25) is 0 Å². The lowest BCUT2D eigenvalue weighted by Gasteiger charge is -2.14. The monoisotopic (exact) mass is 536 g/mol. The average Bonchev–Trinajstić information content (AvgIpc) is 3.34. The van der Waals surface area contributed by atoms with E-state index in [-0.39, 0.29) is 5.56 Å². The number of aromatic nitrogens is 2. The number of halogens is 1. The van der Waals surface area contributed by atoms with Gasteiger partial charge in [-0.1, -0.05) is 41.7 Å². The highest BCUT2D eigenvalue weighted by Crippen LogP contribution is 2.37. The normalized spacial score (nSPS) is 11.9. The van der Waals surface area contributed by atoms with Crippen LogP contribution in [0.1, 0.15) is 11.1 Å². The van der Waals surface area contributed by atoms with Crippen molar-refractivity contribution in [3.8, 4) is 17.2 Å². The first-order valence-corrected chi connectivity index (χ1v) is 12.3. The lowest BCUT2D eigenvalue weighted by molar-refractivity contribution is 0.209. The molecule has 172 valence electrons. The molecular weight excluding hydrogens is 516 g/mol. The number of imidazole rings is 1. The van der Waals surface area contributed by atoms with Gasteiger partial charge in [-0.3, -0.25) is 4.79 Å². The maximum atomic E-state index is 13.1. The summed E-state index contributed by atoms with van der Waals surface area (Å²) >= 11 is 4.94. The smallest absolute Gasteiger partial charge is 0.274 e. The van der Waals surface area contributed by atoms with E-state index in [1.165, 1.54) is 11.3 Å². The van der Waals surface area contributed by atoms with Crippen molar-refractivity contribution < 1.29 is 14.2 Å². The number of fused-ring (bicyclic) bond motifs is 3. The zero-order chi connectivity index (χ0) is 23.7. The fourth-order valence-corrected chi connectivity index (χ4v) is 5.30. The van der Waals surface area contributed by atoms with Gasteiger partial charge in [0.05, 0.1) is 27.1 Å². The predicted molar refractivity (Wildman–Crippen MR) is 138 cm³/mol. The summed E-state index contributed by atoms with van der Waals surface area (Å²) in [6, 6.07) is 19.2. The number of hydrogen-bond donors (Lipinski definition) is 0. The molecule has 34 heavy (non-hydrogen) atoms. The van der Waals surface area contributed by atoms with Crippen molar-refractivity contribution >= 4 is 49.3 Å². The Kier molecular flexibility index (Phi) is 6.26. The van der Waals surface area contributed by atoms with Crippen LogP contribution >= 0.6 is 27.3 Å². The van der Waals surface area contributed by atoms with Gasteiger partial charge in [0.15, 0.2) is 16.5 Å². The third kappa shape index (κ3) is 4.26. The number of methoxy groups -OCH3 is 1. The molecule has 0 saturated heterocycles. The molecular formula is C26H21BrN2O4S. The molecule has 0 N–H and O–H groups in total. The highest BCUT2D eigenvalue weighted by Gasteiger charge is 2.14. The van der Waals surface area contributed by atoms with Crippen molar-refractivity contribution in [3.63, 3.8) is 0 Å². The van der Waals surface area contributed by atoms with Crippen LogP contribution in [0.25, 0.3) is 22.1 Å². The van der Waals surface area contributed by atoms with E-state index in [2.05, 4.69) is 20.9 Å². The number of rotatable bonds is 7. The molecule has 0 aliphatic carbocycles. The molecule has 8 heteroatoms. The number of nitrogens with zero attached hydrogens (tertiary/aromatic N) is 2. The SMILES string of the molecule is COc1cc(/C=c2\sc3nc4ccccc4n3c2=O)cc(Br)c1OCCOc1ccccc1C. The van der Waals surface area contributed by atoms with Gasteiger partial charge in [0.25, 0.3) is 5.56 Å². The van der Waals surface area contributed by atoms with Gasteiger partial charge in [0.1, 0.15) is 19.0 Å². The Balaban J connectivity index is 1.39. The second-order valence-corrected chi connectivity index (χ2v) is 9.49. The molecule has 5 aromatic rings. The Bertz CT molecular complexity index is 1610. The van der Waals surface area contributed by atoms with Crippen LogP contribution in [-0.2, 0) is 0 Å². The average molecular weight is 537 g/mol. The predicted octanol–water partition coefficient (Wildman–Crippen LogP) is 4.99. The van der Waals surface area contributed by atoms with Gasteiger partial charge in [0.2, 0.25) is 0 Å². The van der Waals surface area contributed by atoms with Gasteiger partial charge in [-0.05, 0) is 70.4 Å². The molecule has 0 aliphatic rings. The lowest BCUT2D eigenvalue weighted by atomic mass is 10.2. The Morgan fingerprint density at radius 1 is 1.03 bits per heavy atom. The Morgan fingerprint density at radius 2 is 1.79 bits per heavy atom. The minimum Gasteiger partial charge on any atom is -0.493 e. The van der Waals surface area contributed by atoms with Gasteiger partial charge in [-0.2, -0.15) is 0 Å². The van der Waals surface area contributed by atoms with Gasteiger partial charge >= 0.3 is 0 Å². The van der Waals surface area contributed by atoms with Crippen molar-refractivity contribution in [2.45, 2.75) is 6.92 Å². The summed E-state index contributed by atoms with van der Waals surface area (Å²) in [6.07, 6.45) is 1.84. The number of aryl methyl sites for hydroxylation is 1. The summed E-state index contributed by atoms with van der Waals surface area (Å²) in [5.41, 5.74) is 3.44. The number of ether oxygens (including phenoxy) is 3. The van der Waals surface area contributed by atoms with Crippen LogP contribution < -0.4 is 24.3 Å². The quantitative estimate of drug-likeness (QED) is 0.274. The first-order valence-electron chi connectivity index (χ1n) is 10.7. The molecule has 2 heterocycles. The highest BCUT2D eigenvalue weighted by molar-refractivity contribution is 9.10. The second kappa shape index (κ2) is 9.48. The number of thiazole rings is 1. The third-order valence-corrected chi connectivity index (χ3v) is 6.93. The van der Waals surface area contributed by atoms with Crippen LogP contribution in [0.3, 0.4) is 0 Å².